The minimum Gasteiger partial charge on any atom is -0.497 e. The highest BCUT2D eigenvalue weighted by atomic mass is 32.1. The largest absolute Gasteiger partial charge is 0.497 e. The molecule has 6 heteroatoms. The summed E-state index contributed by atoms with van der Waals surface area (Å²) < 4.78 is 37.7. The molecule has 0 radical (unpaired) electrons. The van der Waals surface area contributed by atoms with Gasteiger partial charge in [-0.05, 0) is 30.3 Å². The van der Waals surface area contributed by atoms with Crippen LogP contribution in [0, 0.1) is 11.6 Å². The first-order valence-corrected chi connectivity index (χ1v) is 6.46. The van der Waals surface area contributed by atoms with E-state index in [-0.39, 0.29) is 17.3 Å². The van der Waals surface area contributed by atoms with Crippen LogP contribution < -0.4 is 15.2 Å². The molecule has 0 aromatic heterocycles. The maximum atomic E-state index is 13.8. The molecule has 2 rings (SSSR count). The first kappa shape index (κ1) is 15.2. The quantitative estimate of drug-likeness (QED) is 0.862. The molecule has 21 heavy (non-hydrogen) atoms. The van der Waals surface area contributed by atoms with E-state index in [9.17, 15) is 8.78 Å². The van der Waals surface area contributed by atoms with Crippen LogP contribution in [0.3, 0.4) is 0 Å². The van der Waals surface area contributed by atoms with Gasteiger partial charge in [-0.1, -0.05) is 12.2 Å². The molecule has 0 aliphatic rings. The normalized spacial score (nSPS) is 10.2. The molecule has 0 atom stereocenters. The van der Waals surface area contributed by atoms with Crippen molar-refractivity contribution in [3.8, 4) is 11.5 Å². The smallest absolute Gasteiger partial charge is 0.165 e. The van der Waals surface area contributed by atoms with E-state index in [2.05, 4.69) is 0 Å². The summed E-state index contributed by atoms with van der Waals surface area (Å²) in [5, 5.41) is 0. The molecule has 0 spiro atoms. The lowest BCUT2D eigenvalue weighted by Gasteiger charge is -2.10. The van der Waals surface area contributed by atoms with Crippen LogP contribution in [-0.4, -0.2) is 12.1 Å². The second kappa shape index (κ2) is 6.49. The van der Waals surface area contributed by atoms with Crippen molar-refractivity contribution in [1.82, 2.24) is 0 Å². The Hall–Kier alpha value is -2.21. The van der Waals surface area contributed by atoms with E-state index in [0.717, 1.165) is 0 Å². The third-order valence-electron chi connectivity index (χ3n) is 2.86. The van der Waals surface area contributed by atoms with Gasteiger partial charge in [0.15, 0.2) is 11.6 Å². The van der Waals surface area contributed by atoms with Crippen molar-refractivity contribution in [2.45, 2.75) is 6.61 Å². The van der Waals surface area contributed by atoms with Crippen LogP contribution in [0.4, 0.5) is 8.78 Å². The van der Waals surface area contributed by atoms with E-state index in [1.807, 2.05) is 0 Å². The summed E-state index contributed by atoms with van der Waals surface area (Å²) in [7, 11) is 1.45. The second-order valence-electron chi connectivity index (χ2n) is 4.26. The van der Waals surface area contributed by atoms with Gasteiger partial charge in [0.05, 0.1) is 7.11 Å². The van der Waals surface area contributed by atoms with Crippen molar-refractivity contribution in [2.24, 2.45) is 5.73 Å². The zero-order chi connectivity index (χ0) is 15.4. The van der Waals surface area contributed by atoms with Crippen LogP contribution in [0.25, 0.3) is 0 Å². The molecule has 0 saturated heterocycles. The Morgan fingerprint density at radius 2 is 1.90 bits per heavy atom. The Labute approximate surface area is 126 Å². The maximum absolute atomic E-state index is 13.8. The number of methoxy groups -OCH3 is 1. The van der Waals surface area contributed by atoms with Crippen LogP contribution in [0.5, 0.6) is 11.5 Å². The monoisotopic (exact) mass is 309 g/mol. The summed E-state index contributed by atoms with van der Waals surface area (Å²) in [5.41, 5.74) is 6.11. The van der Waals surface area contributed by atoms with Gasteiger partial charge in [0.1, 0.15) is 23.2 Å². The van der Waals surface area contributed by atoms with Crippen molar-refractivity contribution in [2.75, 3.05) is 7.11 Å². The summed E-state index contributed by atoms with van der Waals surface area (Å²) in [4.78, 5) is 0.0987. The SMILES string of the molecule is COc1ccc(COc2ccc(C(N)=S)cc2F)c(F)c1. The number of ether oxygens (including phenoxy) is 2. The Bertz CT molecular complexity index is 677. The lowest BCUT2D eigenvalue weighted by Crippen LogP contribution is -2.10. The fourth-order valence-corrected chi connectivity index (χ4v) is 1.83. The predicted octanol–water partition coefficient (Wildman–Crippen LogP) is 3.19. The third kappa shape index (κ3) is 3.66. The van der Waals surface area contributed by atoms with Gasteiger partial charge in [0.25, 0.3) is 0 Å². The molecule has 0 fully saturated rings. The van der Waals surface area contributed by atoms with Crippen molar-refractivity contribution in [1.29, 1.82) is 0 Å². The van der Waals surface area contributed by atoms with Gasteiger partial charge in [-0.3, -0.25) is 0 Å². The Kier molecular flexibility index (Phi) is 4.70. The summed E-state index contributed by atoms with van der Waals surface area (Å²) in [6, 6.07) is 8.51. The van der Waals surface area contributed by atoms with Crippen molar-refractivity contribution >= 4 is 17.2 Å². The molecule has 2 aromatic rings. The third-order valence-corrected chi connectivity index (χ3v) is 3.10. The molecule has 0 amide bonds. The summed E-state index contributed by atoms with van der Waals surface area (Å²) >= 11 is 4.76. The number of benzene rings is 2. The number of hydrogen-bond donors (Lipinski definition) is 1. The highest BCUT2D eigenvalue weighted by Gasteiger charge is 2.09. The average Bonchev–Trinajstić information content (AvgIpc) is 2.46. The second-order valence-corrected chi connectivity index (χ2v) is 4.70. The van der Waals surface area contributed by atoms with Crippen molar-refractivity contribution < 1.29 is 18.3 Å². The maximum Gasteiger partial charge on any atom is 0.165 e. The zero-order valence-electron chi connectivity index (χ0n) is 11.2. The highest BCUT2D eigenvalue weighted by molar-refractivity contribution is 7.80. The van der Waals surface area contributed by atoms with Gasteiger partial charge in [0, 0.05) is 17.2 Å². The summed E-state index contributed by atoms with van der Waals surface area (Å²) in [5.74, 6) is -0.669. The fourth-order valence-electron chi connectivity index (χ4n) is 1.70. The zero-order valence-corrected chi connectivity index (χ0v) is 12.0. The van der Waals surface area contributed by atoms with Gasteiger partial charge >= 0.3 is 0 Å². The first-order chi connectivity index (χ1) is 10.0. The van der Waals surface area contributed by atoms with Gasteiger partial charge in [0.2, 0.25) is 0 Å². The molecule has 0 unspecified atom stereocenters. The van der Waals surface area contributed by atoms with Gasteiger partial charge < -0.3 is 15.2 Å². The molecule has 110 valence electrons. The van der Waals surface area contributed by atoms with Crippen LogP contribution in [-0.2, 0) is 6.61 Å². The fraction of sp³-hybridized carbons (Fsp3) is 0.133. The van der Waals surface area contributed by atoms with Crippen molar-refractivity contribution in [3.63, 3.8) is 0 Å². The summed E-state index contributed by atoms with van der Waals surface area (Å²) in [6.07, 6.45) is 0. The van der Waals surface area contributed by atoms with E-state index in [1.165, 1.54) is 31.4 Å². The molecule has 0 bridgehead atoms. The molecular formula is C15H13F2NO2S. The molecule has 0 heterocycles. The molecule has 3 nitrogen and oxygen atoms in total. The minimum atomic E-state index is -0.603. The number of rotatable bonds is 5. The number of nitrogens with two attached hydrogens (primary N) is 1. The van der Waals surface area contributed by atoms with E-state index in [1.54, 1.807) is 12.1 Å². The standard InChI is InChI=1S/C15H13F2NO2S/c1-19-11-4-2-10(12(16)7-11)8-20-14-5-3-9(15(18)21)6-13(14)17/h2-7H,8H2,1H3,(H2,18,21). The van der Waals surface area contributed by atoms with E-state index >= 15 is 0 Å². The number of halogens is 2. The Morgan fingerprint density at radius 3 is 2.48 bits per heavy atom. The molecule has 0 aliphatic heterocycles. The molecule has 2 N–H and O–H groups in total. The molecule has 0 aliphatic carbocycles. The topological polar surface area (TPSA) is 44.5 Å². The number of thiocarbonyl (C=S) groups is 1. The highest BCUT2D eigenvalue weighted by Crippen LogP contribution is 2.22. The van der Waals surface area contributed by atoms with E-state index in [4.69, 9.17) is 27.4 Å². The van der Waals surface area contributed by atoms with Crippen LogP contribution in [0.2, 0.25) is 0 Å². The van der Waals surface area contributed by atoms with Crippen LogP contribution in [0.15, 0.2) is 36.4 Å². The van der Waals surface area contributed by atoms with Crippen LogP contribution in [0.1, 0.15) is 11.1 Å². The van der Waals surface area contributed by atoms with E-state index in [0.29, 0.717) is 16.9 Å². The predicted molar refractivity (Wildman–Crippen MR) is 79.6 cm³/mol. The lowest BCUT2D eigenvalue weighted by molar-refractivity contribution is 0.284. The lowest BCUT2D eigenvalue weighted by atomic mass is 10.2. The first-order valence-electron chi connectivity index (χ1n) is 6.06. The summed E-state index contributed by atoms with van der Waals surface area (Å²) in [6.45, 7) is -0.0980. The number of hydrogen-bond acceptors (Lipinski definition) is 3. The minimum absolute atomic E-state index is 0.00483. The van der Waals surface area contributed by atoms with Crippen LogP contribution >= 0.6 is 12.2 Å². The van der Waals surface area contributed by atoms with Crippen molar-refractivity contribution in [3.05, 3.63) is 59.2 Å². The average molecular weight is 309 g/mol. The molecule has 0 saturated carbocycles. The van der Waals surface area contributed by atoms with Gasteiger partial charge in [-0.15, -0.1) is 0 Å². The Balaban J connectivity index is 2.11. The van der Waals surface area contributed by atoms with Gasteiger partial charge in [-0.25, -0.2) is 8.78 Å². The molecular weight excluding hydrogens is 296 g/mol. The van der Waals surface area contributed by atoms with E-state index < -0.39 is 11.6 Å². The van der Waals surface area contributed by atoms with Gasteiger partial charge in [-0.2, -0.15) is 0 Å². The molecule has 2 aromatic carbocycles. The Morgan fingerprint density at radius 1 is 1.14 bits per heavy atom.